The Bertz CT molecular complexity index is 899. The molecule has 1 fully saturated rings. The molecule has 0 unspecified atom stereocenters. The molecule has 1 N–H and O–H groups in total. The summed E-state index contributed by atoms with van der Waals surface area (Å²) in [4.78, 5) is 17.3. The molecule has 0 radical (unpaired) electrons. The Morgan fingerprint density at radius 3 is 2.39 bits per heavy atom. The first kappa shape index (κ1) is 20.3. The molecule has 1 saturated heterocycles. The maximum Gasteiger partial charge on any atom is 0.318 e. The van der Waals surface area contributed by atoms with Crippen molar-refractivity contribution in [2.45, 2.75) is 45.8 Å². The van der Waals surface area contributed by atoms with Crippen LogP contribution in [0.5, 0.6) is 5.75 Å². The number of benzene rings is 2. The first-order chi connectivity index (χ1) is 15.6. The number of nitrogens with zero attached hydrogens (tertiary/aromatic N) is 2. The van der Waals surface area contributed by atoms with E-state index in [9.17, 15) is 9.18 Å². The molecule has 1 aliphatic heterocycles. The van der Waals surface area contributed by atoms with Crippen molar-refractivity contribution in [1.82, 2.24) is 15.1 Å². The van der Waals surface area contributed by atoms with Crippen molar-refractivity contribution in [3.8, 4) is 5.75 Å². The Balaban J connectivity index is 1.63. The fourth-order valence-electron chi connectivity index (χ4n) is 3.60. The lowest BCUT2D eigenvalue weighted by Crippen LogP contribution is -2.49. The van der Waals surface area contributed by atoms with Gasteiger partial charge in [-0.15, -0.1) is 0 Å². The number of nitrogens with one attached hydrogen (secondary N) is 1. The second kappa shape index (κ2) is 11.1. The van der Waals surface area contributed by atoms with Gasteiger partial charge in [0.1, 0.15) is 11.6 Å². The molecule has 1 aliphatic rings. The van der Waals surface area contributed by atoms with Crippen LogP contribution >= 0.6 is 0 Å². The topological polar surface area (TPSA) is 44.8 Å². The van der Waals surface area contributed by atoms with Gasteiger partial charge in [0.15, 0.2) is 0 Å². The van der Waals surface area contributed by atoms with Gasteiger partial charge in [-0.25, -0.2) is 9.18 Å². The monoisotopic (exact) mass is 429 g/mol. The van der Waals surface area contributed by atoms with Gasteiger partial charge >= 0.3 is 6.03 Å². The van der Waals surface area contributed by atoms with Crippen molar-refractivity contribution in [2.75, 3.05) is 26.7 Å². The molecule has 2 aromatic carbocycles. The molecule has 0 atom stereocenters. The van der Waals surface area contributed by atoms with Crippen molar-refractivity contribution in [3.05, 3.63) is 65.5 Å². The number of carbonyl (C=O) groups is 1. The highest BCUT2D eigenvalue weighted by atomic mass is 19.1. The van der Waals surface area contributed by atoms with E-state index < -0.39 is 6.56 Å². The van der Waals surface area contributed by atoms with Crippen molar-refractivity contribution in [2.24, 2.45) is 5.92 Å². The van der Waals surface area contributed by atoms with E-state index in [1.807, 2.05) is 17.0 Å². The molecule has 0 saturated carbocycles. The third-order valence-electron chi connectivity index (χ3n) is 5.44. The second-order valence-corrected chi connectivity index (χ2v) is 8.47. The number of ether oxygens (including phenoxy) is 1. The summed E-state index contributed by atoms with van der Waals surface area (Å²) in [7, 11) is 2.08. The van der Waals surface area contributed by atoms with Crippen LogP contribution in [0.1, 0.15) is 40.6 Å². The van der Waals surface area contributed by atoms with Gasteiger partial charge in [0.05, 0.1) is 9.30 Å². The Kier molecular flexibility index (Phi) is 7.30. The first-order valence-corrected chi connectivity index (χ1v) is 10.9. The molecule has 2 amide bonds. The fourth-order valence-corrected chi connectivity index (χ4v) is 3.60. The third-order valence-corrected chi connectivity index (χ3v) is 5.44. The Hall–Kier alpha value is -2.60. The lowest BCUT2D eigenvalue weighted by atomic mass is 10.0. The quantitative estimate of drug-likeness (QED) is 0.663. The molecule has 3 rings (SSSR count). The van der Waals surface area contributed by atoms with E-state index in [1.54, 1.807) is 38.1 Å². The average Bonchev–Trinajstić information content (AvgIpc) is 2.78. The van der Waals surface area contributed by atoms with Gasteiger partial charge in [-0.05, 0) is 74.3 Å². The molecular weight excluding hydrogens is 393 g/mol. The molecule has 0 spiro atoms. The van der Waals surface area contributed by atoms with Crippen molar-refractivity contribution < 1.29 is 16.7 Å². The summed E-state index contributed by atoms with van der Waals surface area (Å²) in [6.45, 7) is 4.44. The largest absolute Gasteiger partial charge is 0.493 e. The molecule has 2 aromatic rings. The minimum atomic E-state index is -1.75. The minimum absolute atomic E-state index is 0.125. The van der Waals surface area contributed by atoms with E-state index in [0.29, 0.717) is 18.8 Å². The standard InChI is InChI=1S/C25H34FN3O2/c1-19(2)18-31-24-10-6-20(7-11-24)16-27-25(30)29(23-12-14-28(3)15-13-23)17-21-4-8-22(26)9-5-21/h4-11,19,23H,12-18H2,1-3H3,(H,27,30)/i18D2. The third kappa shape index (κ3) is 7.24. The Morgan fingerprint density at radius 1 is 1.16 bits per heavy atom. The Morgan fingerprint density at radius 2 is 1.77 bits per heavy atom. The van der Waals surface area contributed by atoms with Crippen LogP contribution in [0, 0.1) is 11.7 Å². The van der Waals surface area contributed by atoms with E-state index in [0.717, 1.165) is 37.1 Å². The van der Waals surface area contributed by atoms with Crippen LogP contribution in [0.4, 0.5) is 9.18 Å². The van der Waals surface area contributed by atoms with Gasteiger partial charge in [0, 0.05) is 19.1 Å². The number of urea groups is 1. The van der Waals surface area contributed by atoms with E-state index in [1.165, 1.54) is 12.1 Å². The lowest BCUT2D eigenvalue weighted by molar-refractivity contribution is 0.127. The molecular formula is C25H34FN3O2. The molecule has 1 heterocycles. The number of rotatable bonds is 8. The molecule has 0 aromatic heterocycles. The molecule has 168 valence electrons. The van der Waals surface area contributed by atoms with Gasteiger partial charge in [-0.1, -0.05) is 38.1 Å². The number of hydrogen-bond acceptors (Lipinski definition) is 3. The summed E-state index contributed by atoms with van der Waals surface area (Å²) in [5, 5.41) is 3.01. The van der Waals surface area contributed by atoms with Gasteiger partial charge < -0.3 is 19.9 Å². The molecule has 0 aliphatic carbocycles. The van der Waals surface area contributed by atoms with Crippen LogP contribution in [-0.2, 0) is 13.1 Å². The maximum atomic E-state index is 13.3. The van der Waals surface area contributed by atoms with Crippen LogP contribution in [0.25, 0.3) is 0 Å². The zero-order valence-corrected chi connectivity index (χ0v) is 18.6. The summed E-state index contributed by atoms with van der Waals surface area (Å²) in [6.07, 6.45) is 1.80. The highest BCUT2D eigenvalue weighted by Gasteiger charge is 2.27. The van der Waals surface area contributed by atoms with Crippen molar-refractivity contribution in [3.63, 3.8) is 0 Å². The smallest absolute Gasteiger partial charge is 0.318 e. The number of carbonyl (C=O) groups excluding carboxylic acids is 1. The average molecular weight is 430 g/mol. The van der Waals surface area contributed by atoms with Crippen LogP contribution in [-0.4, -0.2) is 48.6 Å². The molecule has 31 heavy (non-hydrogen) atoms. The van der Waals surface area contributed by atoms with Crippen LogP contribution in [0.3, 0.4) is 0 Å². The van der Waals surface area contributed by atoms with Crippen LogP contribution < -0.4 is 10.1 Å². The van der Waals surface area contributed by atoms with E-state index in [-0.39, 0.29) is 23.8 Å². The number of hydrogen-bond donors (Lipinski definition) is 1. The first-order valence-electron chi connectivity index (χ1n) is 11.9. The summed E-state index contributed by atoms with van der Waals surface area (Å²) >= 11 is 0. The second-order valence-electron chi connectivity index (χ2n) is 8.47. The van der Waals surface area contributed by atoms with Gasteiger partial charge in [0.25, 0.3) is 0 Å². The van der Waals surface area contributed by atoms with Crippen LogP contribution in [0.2, 0.25) is 0 Å². The number of piperidine rings is 1. The molecule has 6 heteroatoms. The van der Waals surface area contributed by atoms with E-state index in [4.69, 9.17) is 7.48 Å². The highest BCUT2D eigenvalue weighted by Crippen LogP contribution is 2.19. The normalized spacial score (nSPS) is 16.5. The maximum absolute atomic E-state index is 13.3. The summed E-state index contributed by atoms with van der Waals surface area (Å²) in [5.74, 6) is -0.112. The van der Waals surface area contributed by atoms with Gasteiger partial charge in [-0.2, -0.15) is 0 Å². The van der Waals surface area contributed by atoms with Gasteiger partial charge in [-0.3, -0.25) is 0 Å². The van der Waals surface area contributed by atoms with E-state index in [2.05, 4.69) is 17.3 Å². The summed E-state index contributed by atoms with van der Waals surface area (Å²) in [5.41, 5.74) is 1.79. The number of likely N-dealkylation sites (tertiary alicyclic amines) is 1. The number of amides is 2. The Labute approximate surface area is 188 Å². The minimum Gasteiger partial charge on any atom is -0.493 e. The van der Waals surface area contributed by atoms with Crippen molar-refractivity contribution >= 4 is 6.03 Å². The summed E-state index contributed by atoms with van der Waals surface area (Å²) in [6, 6.07) is 13.3. The SMILES string of the molecule is [2H]C([2H])(Oc1ccc(CNC(=O)N(Cc2ccc(F)cc2)C2CCN(C)CC2)cc1)C(C)C. The zero-order valence-electron chi connectivity index (χ0n) is 20.6. The van der Waals surface area contributed by atoms with Crippen LogP contribution in [0.15, 0.2) is 48.5 Å². The molecule has 0 bridgehead atoms. The predicted molar refractivity (Wildman–Crippen MR) is 121 cm³/mol. The zero-order chi connectivity index (χ0) is 24.0. The van der Waals surface area contributed by atoms with E-state index >= 15 is 0 Å². The predicted octanol–water partition coefficient (Wildman–Crippen LogP) is 4.67. The van der Waals surface area contributed by atoms with Gasteiger partial charge in [0.2, 0.25) is 0 Å². The lowest BCUT2D eigenvalue weighted by Gasteiger charge is -2.37. The summed E-state index contributed by atoms with van der Waals surface area (Å²) < 4.78 is 34.6. The number of halogens is 1. The highest BCUT2D eigenvalue weighted by molar-refractivity contribution is 5.74. The molecule has 5 nitrogen and oxygen atoms in total. The fraction of sp³-hybridized carbons (Fsp3) is 0.480. The van der Waals surface area contributed by atoms with Crippen molar-refractivity contribution in [1.29, 1.82) is 0 Å².